The van der Waals surface area contributed by atoms with E-state index in [9.17, 15) is 10.2 Å². The second kappa shape index (κ2) is 9.16. The standard InChI is InChI=1S/C34H34Br2O2/c1-31(2,3)21-7-11-23(12-8-21)33(37)27-17-15-26(36)20-30(27)34(38,28-18-16-25(35)19-29(28)33)24-13-9-22(10-14-24)32(4,5)6/h7-20,37-38H,1-6H3. The maximum atomic E-state index is 12.7. The molecule has 0 spiro atoms. The van der Waals surface area contributed by atoms with Crippen molar-refractivity contribution in [1.82, 2.24) is 0 Å². The Kier molecular flexibility index (Phi) is 6.59. The van der Waals surface area contributed by atoms with Gasteiger partial charge < -0.3 is 10.2 Å². The molecule has 5 rings (SSSR count). The van der Waals surface area contributed by atoms with E-state index in [2.05, 4.69) is 97.7 Å². The van der Waals surface area contributed by atoms with Crippen LogP contribution in [-0.4, -0.2) is 10.2 Å². The van der Waals surface area contributed by atoms with Gasteiger partial charge in [-0.15, -0.1) is 0 Å². The van der Waals surface area contributed by atoms with Crippen molar-refractivity contribution in [1.29, 1.82) is 0 Å². The average molecular weight is 634 g/mol. The van der Waals surface area contributed by atoms with E-state index in [1.165, 1.54) is 11.1 Å². The summed E-state index contributed by atoms with van der Waals surface area (Å²) in [6.07, 6.45) is 0. The Morgan fingerprint density at radius 1 is 0.474 bits per heavy atom. The lowest BCUT2D eigenvalue weighted by Gasteiger charge is -2.45. The van der Waals surface area contributed by atoms with E-state index >= 15 is 0 Å². The van der Waals surface area contributed by atoms with Crippen LogP contribution in [0, 0.1) is 0 Å². The van der Waals surface area contributed by atoms with Gasteiger partial charge in [-0.25, -0.2) is 0 Å². The average Bonchev–Trinajstić information content (AvgIpc) is 2.86. The molecule has 2 unspecified atom stereocenters. The van der Waals surface area contributed by atoms with Crippen molar-refractivity contribution in [3.05, 3.63) is 138 Å². The molecule has 2 nitrogen and oxygen atoms in total. The molecule has 1 aliphatic rings. The van der Waals surface area contributed by atoms with Crippen molar-refractivity contribution in [3.8, 4) is 0 Å². The highest BCUT2D eigenvalue weighted by Gasteiger charge is 2.51. The molecule has 0 heterocycles. The molecule has 2 atom stereocenters. The molecule has 0 fully saturated rings. The normalized spacial score (nSPS) is 21.1. The van der Waals surface area contributed by atoms with Crippen LogP contribution in [0.3, 0.4) is 0 Å². The van der Waals surface area contributed by atoms with Gasteiger partial charge in [0.25, 0.3) is 0 Å². The molecule has 0 bridgehead atoms. The molecule has 0 saturated carbocycles. The molecular formula is C34H34Br2O2. The third-order valence-electron chi connectivity index (χ3n) is 7.86. The van der Waals surface area contributed by atoms with Crippen LogP contribution in [0.25, 0.3) is 0 Å². The number of aliphatic hydroxyl groups is 2. The van der Waals surface area contributed by atoms with Crippen LogP contribution in [0.5, 0.6) is 0 Å². The molecule has 196 valence electrons. The minimum absolute atomic E-state index is 0.00308. The monoisotopic (exact) mass is 632 g/mol. The molecule has 0 amide bonds. The quantitative estimate of drug-likeness (QED) is 0.232. The van der Waals surface area contributed by atoms with E-state index in [4.69, 9.17) is 0 Å². The van der Waals surface area contributed by atoms with Gasteiger partial charge in [-0.3, -0.25) is 0 Å². The summed E-state index contributed by atoms with van der Waals surface area (Å²) in [6, 6.07) is 28.0. The highest BCUT2D eigenvalue weighted by atomic mass is 79.9. The molecule has 38 heavy (non-hydrogen) atoms. The van der Waals surface area contributed by atoms with Gasteiger partial charge in [-0.1, -0.05) is 134 Å². The Bertz CT molecular complexity index is 1390. The van der Waals surface area contributed by atoms with Gasteiger partial charge in [0.15, 0.2) is 0 Å². The Balaban J connectivity index is 1.81. The lowest BCUT2D eigenvalue weighted by atomic mass is 9.63. The van der Waals surface area contributed by atoms with Crippen LogP contribution in [0.1, 0.15) is 86.1 Å². The zero-order valence-electron chi connectivity index (χ0n) is 22.7. The first-order valence-electron chi connectivity index (χ1n) is 12.9. The summed E-state index contributed by atoms with van der Waals surface area (Å²) in [4.78, 5) is 0. The summed E-state index contributed by atoms with van der Waals surface area (Å²) in [5.74, 6) is 0. The first-order valence-corrected chi connectivity index (χ1v) is 14.5. The van der Waals surface area contributed by atoms with Gasteiger partial charge in [-0.05, 0) is 68.5 Å². The first kappa shape index (κ1) is 27.3. The molecule has 0 aromatic heterocycles. The fourth-order valence-corrected chi connectivity index (χ4v) is 6.32. The van der Waals surface area contributed by atoms with E-state index in [1.807, 2.05) is 60.7 Å². The van der Waals surface area contributed by atoms with Crippen molar-refractivity contribution in [3.63, 3.8) is 0 Å². The van der Waals surface area contributed by atoms with Crippen LogP contribution >= 0.6 is 31.9 Å². The molecule has 0 saturated heterocycles. The van der Waals surface area contributed by atoms with Crippen molar-refractivity contribution in [2.45, 2.75) is 63.6 Å². The highest BCUT2D eigenvalue weighted by Crippen LogP contribution is 2.54. The van der Waals surface area contributed by atoms with Crippen molar-refractivity contribution in [2.24, 2.45) is 0 Å². The maximum Gasteiger partial charge on any atom is 0.141 e. The number of halogens is 2. The topological polar surface area (TPSA) is 40.5 Å². The Morgan fingerprint density at radius 2 is 0.789 bits per heavy atom. The summed E-state index contributed by atoms with van der Waals surface area (Å²) in [7, 11) is 0. The van der Waals surface area contributed by atoms with Crippen molar-refractivity contribution < 1.29 is 10.2 Å². The van der Waals surface area contributed by atoms with E-state index in [-0.39, 0.29) is 10.8 Å². The molecule has 1 aliphatic carbocycles. The van der Waals surface area contributed by atoms with E-state index in [0.717, 1.165) is 20.1 Å². The molecule has 4 aromatic rings. The number of fused-ring (bicyclic) bond motifs is 2. The summed E-state index contributed by atoms with van der Waals surface area (Å²) in [5.41, 5.74) is 3.65. The lowest BCUT2D eigenvalue weighted by molar-refractivity contribution is 0.0746. The minimum Gasteiger partial charge on any atom is -0.376 e. The van der Waals surface area contributed by atoms with Crippen molar-refractivity contribution in [2.75, 3.05) is 0 Å². The van der Waals surface area contributed by atoms with E-state index in [1.54, 1.807) is 0 Å². The molecule has 0 aliphatic heterocycles. The van der Waals surface area contributed by atoms with Gasteiger partial charge >= 0.3 is 0 Å². The van der Waals surface area contributed by atoms with Gasteiger partial charge in [-0.2, -0.15) is 0 Å². The molecular weight excluding hydrogens is 600 g/mol. The highest BCUT2D eigenvalue weighted by molar-refractivity contribution is 9.10. The Hall–Kier alpha value is -2.24. The summed E-state index contributed by atoms with van der Waals surface area (Å²) >= 11 is 7.26. The largest absolute Gasteiger partial charge is 0.376 e. The van der Waals surface area contributed by atoms with Crippen molar-refractivity contribution >= 4 is 31.9 Å². The summed E-state index contributed by atoms with van der Waals surface area (Å²) in [6.45, 7) is 13.1. The zero-order chi connectivity index (χ0) is 27.7. The molecule has 4 aromatic carbocycles. The predicted molar refractivity (Wildman–Crippen MR) is 163 cm³/mol. The second-order valence-electron chi connectivity index (χ2n) is 12.5. The number of benzene rings is 4. The van der Waals surface area contributed by atoms with Crippen LogP contribution in [0.4, 0.5) is 0 Å². The lowest BCUT2D eigenvalue weighted by Crippen LogP contribution is -2.44. The number of hydrogen-bond donors (Lipinski definition) is 2. The van der Waals surface area contributed by atoms with Crippen LogP contribution in [-0.2, 0) is 22.0 Å². The second-order valence-corrected chi connectivity index (χ2v) is 14.3. The third-order valence-corrected chi connectivity index (χ3v) is 8.85. The number of rotatable bonds is 2. The summed E-state index contributed by atoms with van der Waals surface area (Å²) in [5, 5.41) is 25.5. The van der Waals surface area contributed by atoms with Gasteiger partial charge in [0, 0.05) is 20.1 Å². The SMILES string of the molecule is CC(C)(C)c1ccc(C2(O)c3ccc(Br)cc3C(O)(c3ccc(C(C)(C)C)cc3)c3ccc(Br)cc32)cc1. The molecule has 0 radical (unpaired) electrons. The van der Waals surface area contributed by atoms with E-state index < -0.39 is 11.2 Å². The first-order chi connectivity index (χ1) is 17.7. The Labute approximate surface area is 243 Å². The predicted octanol–water partition coefficient (Wildman–Crippen LogP) is 8.69. The van der Waals surface area contributed by atoms with E-state index in [0.29, 0.717) is 22.3 Å². The van der Waals surface area contributed by atoms with Gasteiger partial charge in [0.05, 0.1) is 0 Å². The third kappa shape index (κ3) is 4.30. The molecule has 4 heteroatoms. The fourth-order valence-electron chi connectivity index (χ4n) is 5.60. The zero-order valence-corrected chi connectivity index (χ0v) is 25.9. The van der Waals surface area contributed by atoms with Gasteiger partial charge in [0.2, 0.25) is 0 Å². The minimum atomic E-state index is -1.46. The molecule has 2 N–H and O–H groups in total. The maximum absolute atomic E-state index is 12.7. The van der Waals surface area contributed by atoms with Gasteiger partial charge in [0.1, 0.15) is 11.2 Å². The van der Waals surface area contributed by atoms with Crippen LogP contribution < -0.4 is 0 Å². The summed E-state index contributed by atoms with van der Waals surface area (Å²) < 4.78 is 1.68. The van der Waals surface area contributed by atoms with Crippen LogP contribution in [0.2, 0.25) is 0 Å². The van der Waals surface area contributed by atoms with Crippen LogP contribution in [0.15, 0.2) is 93.9 Å². The smallest absolute Gasteiger partial charge is 0.141 e. The fraction of sp³-hybridized carbons (Fsp3) is 0.294. The number of hydrogen-bond acceptors (Lipinski definition) is 2. The Morgan fingerprint density at radius 3 is 1.08 bits per heavy atom.